The number of phenolic OH excluding ortho intramolecular Hbond substituents is 1. The van der Waals surface area contributed by atoms with Gasteiger partial charge >= 0.3 is 12.1 Å². The normalized spacial score (nSPS) is 12.4. The van der Waals surface area contributed by atoms with Crippen molar-refractivity contribution >= 4 is 63.7 Å². The quantitative estimate of drug-likeness (QED) is 0.101. The second-order valence-electron chi connectivity index (χ2n) is 8.32. The van der Waals surface area contributed by atoms with Crippen molar-refractivity contribution < 1.29 is 28.9 Å². The lowest BCUT2D eigenvalue weighted by molar-refractivity contribution is -0.141. The Kier molecular flexibility index (Phi) is 9.72. The van der Waals surface area contributed by atoms with E-state index in [9.17, 15) is 14.7 Å². The molecule has 196 valence electrons. The Balaban J connectivity index is 1.65. The van der Waals surface area contributed by atoms with Crippen molar-refractivity contribution in [3.05, 3.63) is 100 Å². The molecule has 4 rings (SSSR count). The summed E-state index contributed by atoms with van der Waals surface area (Å²) >= 11 is 6.06. The molecule has 4 aromatic carbocycles. The third-order valence-corrected chi connectivity index (χ3v) is 6.65. The molecule has 9 heteroatoms. The summed E-state index contributed by atoms with van der Waals surface area (Å²) in [6, 6.07) is 27.3. The summed E-state index contributed by atoms with van der Waals surface area (Å²) in [7, 11) is 0. The highest BCUT2D eigenvalue weighted by Gasteiger charge is 2.32. The third kappa shape index (κ3) is 7.32. The summed E-state index contributed by atoms with van der Waals surface area (Å²) in [5.74, 6) is -0.0569. The number of rotatable bonds is 10. The van der Waals surface area contributed by atoms with E-state index < -0.39 is 24.3 Å². The van der Waals surface area contributed by atoms with E-state index in [1.54, 1.807) is 30.3 Å². The standard InChI is InChI=1S/C29H26INO6S/c30-20-13-14-25(32)23(17-20)28(26(15-16-35-27(33)18-38)36-21-9-2-1-3-10-21)37-29(34)31-24-12-6-8-19-7-4-5-11-22(19)24/h1-14,17,26,28,32,38H,15-16,18H2,(H,31,34)/t26-,28-/m0/s1. The number of anilines is 1. The second kappa shape index (κ2) is 13.4. The van der Waals surface area contributed by atoms with Crippen LogP contribution >= 0.6 is 35.2 Å². The molecular formula is C29H26INO6S. The first-order valence-electron chi connectivity index (χ1n) is 11.9. The maximum atomic E-state index is 13.3. The van der Waals surface area contributed by atoms with E-state index in [1.807, 2.05) is 54.6 Å². The van der Waals surface area contributed by atoms with Crippen LogP contribution in [0.5, 0.6) is 11.5 Å². The Morgan fingerprint density at radius 1 is 0.947 bits per heavy atom. The zero-order chi connectivity index (χ0) is 26.9. The van der Waals surface area contributed by atoms with E-state index in [2.05, 4.69) is 40.5 Å². The number of carbonyl (C=O) groups is 2. The van der Waals surface area contributed by atoms with Crippen molar-refractivity contribution in [2.45, 2.75) is 18.6 Å². The van der Waals surface area contributed by atoms with Gasteiger partial charge in [-0.25, -0.2) is 4.79 Å². The van der Waals surface area contributed by atoms with Gasteiger partial charge in [0.05, 0.1) is 18.0 Å². The molecule has 2 N–H and O–H groups in total. The highest BCUT2D eigenvalue weighted by Crippen LogP contribution is 2.35. The zero-order valence-electron chi connectivity index (χ0n) is 20.2. The molecule has 0 saturated heterocycles. The number of esters is 1. The molecule has 0 fully saturated rings. The Bertz CT molecular complexity index is 1400. The predicted octanol–water partition coefficient (Wildman–Crippen LogP) is 6.75. The fraction of sp³-hybridized carbons (Fsp3) is 0.172. The molecule has 4 aromatic rings. The summed E-state index contributed by atoms with van der Waals surface area (Å²) in [5, 5.41) is 15.4. The van der Waals surface area contributed by atoms with Gasteiger partial charge in [-0.3, -0.25) is 10.1 Å². The monoisotopic (exact) mass is 643 g/mol. The fourth-order valence-corrected chi connectivity index (χ4v) is 4.57. The number of para-hydroxylation sites is 1. The lowest BCUT2D eigenvalue weighted by Crippen LogP contribution is -2.32. The minimum atomic E-state index is -1.03. The SMILES string of the molecule is O=C(CS)OCC[C@H](Oc1ccccc1)[C@@H](OC(=O)Nc1cccc2ccccc12)c1cc(I)ccc1O. The van der Waals surface area contributed by atoms with Crippen LogP contribution < -0.4 is 10.1 Å². The number of ether oxygens (including phenoxy) is 3. The van der Waals surface area contributed by atoms with E-state index in [-0.39, 0.29) is 24.5 Å². The molecule has 0 saturated carbocycles. The van der Waals surface area contributed by atoms with Crippen molar-refractivity contribution in [2.75, 3.05) is 17.7 Å². The number of hydrogen-bond donors (Lipinski definition) is 3. The van der Waals surface area contributed by atoms with Crippen LogP contribution in [-0.4, -0.2) is 35.6 Å². The third-order valence-electron chi connectivity index (χ3n) is 5.72. The van der Waals surface area contributed by atoms with Crippen molar-refractivity contribution in [1.29, 1.82) is 0 Å². The first-order chi connectivity index (χ1) is 18.4. The van der Waals surface area contributed by atoms with Crippen LogP contribution in [0.15, 0.2) is 91.0 Å². The van der Waals surface area contributed by atoms with Gasteiger partial charge < -0.3 is 19.3 Å². The predicted molar refractivity (Wildman–Crippen MR) is 158 cm³/mol. The minimum absolute atomic E-state index is 0.00633. The number of aromatic hydroxyl groups is 1. The van der Waals surface area contributed by atoms with Crippen LogP contribution in [0.4, 0.5) is 10.5 Å². The van der Waals surface area contributed by atoms with Gasteiger partial charge in [0.15, 0.2) is 6.10 Å². The highest BCUT2D eigenvalue weighted by molar-refractivity contribution is 14.1. The van der Waals surface area contributed by atoms with Gasteiger partial charge in [-0.2, -0.15) is 12.6 Å². The largest absolute Gasteiger partial charge is 0.508 e. The van der Waals surface area contributed by atoms with Crippen molar-refractivity contribution in [2.24, 2.45) is 0 Å². The Morgan fingerprint density at radius 3 is 2.47 bits per heavy atom. The van der Waals surface area contributed by atoms with E-state index >= 15 is 0 Å². The van der Waals surface area contributed by atoms with Gasteiger partial charge in [0.1, 0.15) is 17.6 Å². The molecule has 1 amide bonds. The molecule has 0 heterocycles. The molecule has 38 heavy (non-hydrogen) atoms. The van der Waals surface area contributed by atoms with Crippen LogP contribution in [-0.2, 0) is 14.3 Å². The van der Waals surface area contributed by atoms with Crippen LogP contribution in [0, 0.1) is 3.57 Å². The van der Waals surface area contributed by atoms with Gasteiger partial charge in [-0.05, 0) is 64.4 Å². The smallest absolute Gasteiger partial charge is 0.412 e. The molecule has 0 unspecified atom stereocenters. The molecular weight excluding hydrogens is 617 g/mol. The first kappa shape index (κ1) is 27.6. The summed E-state index contributed by atoms with van der Waals surface area (Å²) in [5.41, 5.74) is 0.952. The lowest BCUT2D eigenvalue weighted by Gasteiger charge is -2.29. The average Bonchev–Trinajstić information content (AvgIpc) is 2.93. The van der Waals surface area contributed by atoms with Gasteiger partial charge in [-0.15, -0.1) is 0 Å². The van der Waals surface area contributed by atoms with Crippen molar-refractivity contribution in [3.8, 4) is 11.5 Å². The average molecular weight is 643 g/mol. The molecule has 0 radical (unpaired) electrons. The van der Waals surface area contributed by atoms with Crippen molar-refractivity contribution in [1.82, 2.24) is 0 Å². The highest BCUT2D eigenvalue weighted by atomic mass is 127. The number of amides is 1. The van der Waals surface area contributed by atoms with Gasteiger partial charge in [0.25, 0.3) is 0 Å². The zero-order valence-corrected chi connectivity index (χ0v) is 23.3. The van der Waals surface area contributed by atoms with E-state index in [4.69, 9.17) is 14.2 Å². The van der Waals surface area contributed by atoms with Crippen LogP contribution in [0.25, 0.3) is 10.8 Å². The number of nitrogens with one attached hydrogen (secondary N) is 1. The minimum Gasteiger partial charge on any atom is -0.508 e. The van der Waals surface area contributed by atoms with Gasteiger partial charge in [0, 0.05) is 20.9 Å². The maximum Gasteiger partial charge on any atom is 0.412 e. The summed E-state index contributed by atoms with van der Waals surface area (Å²) in [6.07, 6.45) is -2.37. The fourth-order valence-electron chi connectivity index (χ4n) is 3.96. The number of fused-ring (bicyclic) bond motifs is 1. The van der Waals surface area contributed by atoms with Crippen LogP contribution in [0.2, 0.25) is 0 Å². The first-order valence-corrected chi connectivity index (χ1v) is 13.6. The Labute approximate surface area is 239 Å². The molecule has 0 aromatic heterocycles. The van der Waals surface area contributed by atoms with Gasteiger partial charge in [-0.1, -0.05) is 54.6 Å². The number of phenols is 1. The van der Waals surface area contributed by atoms with Crippen LogP contribution in [0.3, 0.4) is 0 Å². The van der Waals surface area contributed by atoms with E-state index in [1.165, 1.54) is 6.07 Å². The molecule has 0 aliphatic rings. The summed E-state index contributed by atoms with van der Waals surface area (Å²) in [6.45, 7) is 0.00633. The Morgan fingerprint density at radius 2 is 1.68 bits per heavy atom. The number of benzene rings is 4. The van der Waals surface area contributed by atoms with E-state index in [0.717, 1.165) is 14.3 Å². The molecule has 0 aliphatic heterocycles. The van der Waals surface area contributed by atoms with E-state index in [0.29, 0.717) is 17.0 Å². The summed E-state index contributed by atoms with van der Waals surface area (Å²) in [4.78, 5) is 25.0. The summed E-state index contributed by atoms with van der Waals surface area (Å²) < 4.78 is 18.2. The lowest BCUT2D eigenvalue weighted by atomic mass is 10.0. The van der Waals surface area contributed by atoms with Crippen molar-refractivity contribution in [3.63, 3.8) is 0 Å². The molecule has 2 atom stereocenters. The number of thiol groups is 1. The second-order valence-corrected chi connectivity index (χ2v) is 9.88. The molecule has 7 nitrogen and oxygen atoms in total. The topological polar surface area (TPSA) is 94.1 Å². The number of carbonyl (C=O) groups excluding carboxylic acids is 2. The van der Waals surface area contributed by atoms with Gasteiger partial charge in [0.2, 0.25) is 0 Å². The Hall–Kier alpha value is -3.44. The number of halogens is 1. The molecule has 0 bridgehead atoms. The molecule has 0 spiro atoms. The number of hydrogen-bond acceptors (Lipinski definition) is 7. The molecule has 0 aliphatic carbocycles. The maximum absolute atomic E-state index is 13.3. The van der Waals surface area contributed by atoms with Crippen LogP contribution in [0.1, 0.15) is 18.1 Å².